The Morgan fingerprint density at radius 2 is 1.21 bits per heavy atom. The van der Waals surface area contributed by atoms with Gasteiger partial charge in [0.1, 0.15) is 0 Å². The molecule has 8 rings (SSSR count). The van der Waals surface area contributed by atoms with Crippen molar-refractivity contribution < 1.29 is 35.9 Å². The molecular formula is C46H46N6O8S2. The van der Waals surface area contributed by atoms with E-state index in [0.29, 0.717) is 23.0 Å². The zero-order valence-corrected chi connectivity index (χ0v) is 35.8. The summed E-state index contributed by atoms with van der Waals surface area (Å²) in [6.07, 6.45) is 10.9. The van der Waals surface area contributed by atoms with Crippen LogP contribution >= 0.6 is 0 Å². The molecule has 4 N–H and O–H groups in total. The van der Waals surface area contributed by atoms with E-state index < -0.39 is 26.1 Å². The van der Waals surface area contributed by atoms with Gasteiger partial charge in [0.05, 0.1) is 37.1 Å². The number of rotatable bonds is 11. The number of methoxy groups -OCH3 is 2. The Kier molecular flexibility index (Phi) is 15.0. The average molecular weight is 875 g/mol. The van der Waals surface area contributed by atoms with E-state index in [4.69, 9.17) is 14.6 Å². The number of aliphatic imine (C=N–C) groups is 1. The van der Waals surface area contributed by atoms with Crippen molar-refractivity contribution in [2.45, 2.75) is 50.0 Å². The minimum Gasteiger partial charge on any atom is -0.481 e. The predicted molar refractivity (Wildman–Crippen MR) is 239 cm³/mol. The Balaban J connectivity index is 0.000000176. The number of nitrogens with two attached hydrogens (primary N) is 1. The zero-order valence-electron chi connectivity index (χ0n) is 34.2. The van der Waals surface area contributed by atoms with Gasteiger partial charge in [-0.2, -0.15) is 4.99 Å². The summed E-state index contributed by atoms with van der Waals surface area (Å²) in [6.45, 7) is 0. The molecule has 0 saturated heterocycles. The first kappa shape index (κ1) is 44.8. The molecule has 0 spiro atoms. The molecule has 4 aromatic carbocycles. The minimum atomic E-state index is -3.85. The van der Waals surface area contributed by atoms with Gasteiger partial charge in [-0.3, -0.25) is 0 Å². The van der Waals surface area contributed by atoms with Crippen molar-refractivity contribution in [3.05, 3.63) is 155 Å². The second kappa shape index (κ2) is 20.7. The molecule has 0 atom stereocenters. The molecular weight excluding hydrogens is 829 g/mol. The number of hydrogen-bond donors (Lipinski definition) is 3. The SMILES string of the molecule is COc1cc(-c2ccc3c(c2N=C=O)CCC3)ccn1.COc1cc(-c2ccc3c(c2NC(=O)NS(=O)(=O)Cc2ccccc2)CCC3)ccn1.NS(=O)(=O)Cc1ccccc1. The molecule has 16 heteroatoms. The second-order valence-corrected chi connectivity index (χ2v) is 17.7. The number of urea groups is 1. The number of anilines is 1. The van der Waals surface area contributed by atoms with Crippen LogP contribution in [0.4, 0.5) is 16.2 Å². The lowest BCUT2D eigenvalue weighted by Gasteiger charge is -2.17. The highest BCUT2D eigenvalue weighted by Crippen LogP contribution is 2.40. The Morgan fingerprint density at radius 1 is 0.694 bits per heavy atom. The first-order valence-electron chi connectivity index (χ1n) is 19.6. The van der Waals surface area contributed by atoms with Crippen LogP contribution in [-0.4, -0.2) is 53.1 Å². The number of isocyanates is 1. The van der Waals surface area contributed by atoms with Crippen LogP contribution in [0.15, 0.2) is 127 Å². The molecule has 0 saturated carbocycles. The third kappa shape index (κ3) is 12.2. The van der Waals surface area contributed by atoms with E-state index in [-0.39, 0.29) is 11.5 Å². The normalized spacial score (nSPS) is 12.5. The van der Waals surface area contributed by atoms with Crippen LogP contribution in [0.25, 0.3) is 22.3 Å². The van der Waals surface area contributed by atoms with E-state index in [2.05, 4.69) is 37.1 Å². The fourth-order valence-electron chi connectivity index (χ4n) is 7.40. The van der Waals surface area contributed by atoms with Gasteiger partial charge in [0.2, 0.25) is 37.9 Å². The van der Waals surface area contributed by atoms with Gasteiger partial charge in [-0.15, -0.1) is 0 Å². The number of pyridine rings is 2. The number of aromatic nitrogens is 2. The summed E-state index contributed by atoms with van der Waals surface area (Å²) in [5, 5.41) is 7.64. The maximum absolute atomic E-state index is 12.7. The molecule has 0 fully saturated rings. The average Bonchev–Trinajstić information content (AvgIpc) is 3.95. The fraction of sp³-hybridized carbons (Fsp3) is 0.217. The van der Waals surface area contributed by atoms with Gasteiger partial charge in [-0.05, 0) is 95.2 Å². The van der Waals surface area contributed by atoms with Crippen molar-refractivity contribution in [1.82, 2.24) is 14.7 Å². The molecule has 6 aromatic rings. The number of ether oxygens (including phenoxy) is 2. The van der Waals surface area contributed by atoms with Crippen molar-refractivity contribution in [1.29, 1.82) is 0 Å². The highest BCUT2D eigenvalue weighted by atomic mass is 32.2. The van der Waals surface area contributed by atoms with E-state index in [0.717, 1.165) is 83.2 Å². The third-order valence-corrected chi connectivity index (χ3v) is 12.0. The first-order valence-corrected chi connectivity index (χ1v) is 23.0. The van der Waals surface area contributed by atoms with Crippen LogP contribution < -0.4 is 24.7 Å². The molecule has 320 valence electrons. The minimum absolute atomic E-state index is 0.0894. The molecule has 0 radical (unpaired) electrons. The topological polar surface area (TPSA) is 209 Å². The monoisotopic (exact) mass is 874 g/mol. The number of aryl methyl sites for hydroxylation is 2. The Morgan fingerprint density at radius 3 is 1.76 bits per heavy atom. The summed E-state index contributed by atoms with van der Waals surface area (Å²) in [5.74, 6) is 0.638. The lowest BCUT2D eigenvalue weighted by Crippen LogP contribution is -2.35. The number of nitrogens with one attached hydrogen (secondary N) is 2. The van der Waals surface area contributed by atoms with Gasteiger partial charge in [0.25, 0.3) is 0 Å². The largest absolute Gasteiger partial charge is 0.481 e. The highest BCUT2D eigenvalue weighted by Gasteiger charge is 2.23. The molecule has 14 nitrogen and oxygen atoms in total. The number of fused-ring (bicyclic) bond motifs is 2. The molecule has 2 amide bonds. The number of primary sulfonamides is 1. The molecule has 2 aliphatic rings. The Hall–Kier alpha value is -6.71. The van der Waals surface area contributed by atoms with Crippen LogP contribution in [0, 0.1) is 0 Å². The number of nitrogens with zero attached hydrogens (tertiary/aromatic N) is 3. The molecule has 2 heterocycles. The quantitative estimate of drug-likeness (QED) is 0.0858. The number of carbonyl (C=O) groups excluding carboxylic acids is 2. The van der Waals surface area contributed by atoms with Gasteiger partial charge in [-0.1, -0.05) is 84.9 Å². The maximum atomic E-state index is 12.7. The van der Waals surface area contributed by atoms with Crippen LogP contribution in [0.3, 0.4) is 0 Å². The van der Waals surface area contributed by atoms with Gasteiger partial charge in [0, 0.05) is 35.7 Å². The van der Waals surface area contributed by atoms with Gasteiger partial charge in [-0.25, -0.2) is 46.3 Å². The van der Waals surface area contributed by atoms with Crippen molar-refractivity contribution in [3.63, 3.8) is 0 Å². The van der Waals surface area contributed by atoms with Crippen LogP contribution in [0.1, 0.15) is 46.2 Å². The second-order valence-electron chi connectivity index (χ2n) is 14.4. The number of hydrogen-bond acceptors (Lipinski definition) is 11. The lowest BCUT2D eigenvalue weighted by molar-refractivity contribution is 0.256. The Bertz CT molecular complexity index is 2800. The molecule has 0 aliphatic heterocycles. The summed E-state index contributed by atoms with van der Waals surface area (Å²) in [6, 6.07) is 32.3. The summed E-state index contributed by atoms with van der Waals surface area (Å²) >= 11 is 0. The molecule has 2 aliphatic carbocycles. The molecule has 0 unspecified atom stereocenters. The molecule has 0 bridgehead atoms. The van der Waals surface area contributed by atoms with Gasteiger partial charge < -0.3 is 14.8 Å². The lowest BCUT2D eigenvalue weighted by atomic mass is 9.98. The summed E-state index contributed by atoms with van der Waals surface area (Å²) < 4.78 is 58.6. The fourth-order valence-corrected chi connectivity index (χ4v) is 9.09. The van der Waals surface area contributed by atoms with Crippen LogP contribution in [0.2, 0.25) is 0 Å². The van der Waals surface area contributed by atoms with E-state index >= 15 is 0 Å². The number of benzene rings is 4. The van der Waals surface area contributed by atoms with Crippen molar-refractivity contribution in [3.8, 4) is 34.0 Å². The number of amides is 2. The smallest absolute Gasteiger partial charge is 0.332 e. The van der Waals surface area contributed by atoms with Crippen molar-refractivity contribution in [2.24, 2.45) is 10.1 Å². The molecule has 62 heavy (non-hydrogen) atoms. The van der Waals surface area contributed by atoms with E-state index in [9.17, 15) is 26.4 Å². The highest BCUT2D eigenvalue weighted by molar-refractivity contribution is 7.89. The van der Waals surface area contributed by atoms with E-state index in [1.165, 1.54) is 11.1 Å². The number of carbonyl (C=O) groups is 1. The first-order chi connectivity index (χ1) is 29.9. The van der Waals surface area contributed by atoms with Crippen LogP contribution in [-0.2, 0) is 62.0 Å². The summed E-state index contributed by atoms with van der Waals surface area (Å²) in [4.78, 5) is 35.6. The third-order valence-electron chi connectivity index (χ3n) is 10.1. The van der Waals surface area contributed by atoms with Crippen LogP contribution in [0.5, 0.6) is 11.8 Å². The predicted octanol–water partition coefficient (Wildman–Crippen LogP) is 7.59. The Labute approximate surface area is 361 Å². The molecule has 2 aromatic heterocycles. The van der Waals surface area contributed by atoms with Crippen molar-refractivity contribution >= 4 is 43.5 Å². The van der Waals surface area contributed by atoms with E-state index in [1.807, 2.05) is 42.5 Å². The zero-order chi connectivity index (χ0) is 44.1. The van der Waals surface area contributed by atoms with Gasteiger partial charge in [0.15, 0.2) is 0 Å². The maximum Gasteiger partial charge on any atom is 0.332 e. The summed E-state index contributed by atoms with van der Waals surface area (Å²) in [5.41, 5.74) is 10.8. The standard InChI is InChI=1S/C23H23N3O4S.C16H14N2O2.C7H9NO2S/c1-30-21-14-18(12-13-24-21)20-11-10-17-8-5-9-19(17)22(20)25-23(27)26-31(28,29)15-16-6-3-2-4-7-16;1-20-15-9-12(7-8-17-15)14-6-5-11-3-2-4-13(11)16(14)18-10-19;8-11(9,10)6-7-4-2-1-3-5-7/h2-4,6-7,10-14H,5,8-9,15H2,1H3,(H2,25,26,27);5-9H,2-4H2,1H3;1-5H,6H2,(H2,8,9,10). The number of sulfonamides is 2. The summed E-state index contributed by atoms with van der Waals surface area (Å²) in [7, 11) is -4.10. The van der Waals surface area contributed by atoms with Crippen molar-refractivity contribution in [2.75, 3.05) is 19.5 Å². The van der Waals surface area contributed by atoms with Gasteiger partial charge >= 0.3 is 6.03 Å². The van der Waals surface area contributed by atoms with E-state index in [1.54, 1.807) is 87.3 Å².